The van der Waals surface area contributed by atoms with E-state index in [2.05, 4.69) is 22.6 Å². The number of hydrogen-bond donors (Lipinski definition) is 0. The van der Waals surface area contributed by atoms with Crippen LogP contribution in [0.4, 0.5) is 26.3 Å². The Morgan fingerprint density at radius 2 is 1.00 bits per heavy atom. The van der Waals surface area contributed by atoms with Crippen LogP contribution in [-0.4, -0.2) is 37.5 Å². The molecule has 0 heterocycles. The summed E-state index contributed by atoms with van der Waals surface area (Å²) < 4.78 is 80.6. The van der Waals surface area contributed by atoms with Gasteiger partial charge in [-0.15, -0.1) is 0 Å². The largest absolute Gasteiger partial charge is 0.457 e. The van der Waals surface area contributed by atoms with E-state index in [1.165, 1.54) is 0 Å². The molecule has 4 nitrogen and oxygen atoms in total. The lowest BCUT2D eigenvalue weighted by molar-refractivity contribution is -0.168. The van der Waals surface area contributed by atoms with E-state index >= 15 is 0 Å². The van der Waals surface area contributed by atoms with Crippen molar-refractivity contribution in [1.82, 2.24) is 0 Å². The summed E-state index contributed by atoms with van der Waals surface area (Å²) in [6, 6.07) is 0. The van der Waals surface area contributed by atoms with Gasteiger partial charge >= 0.3 is 24.3 Å². The van der Waals surface area contributed by atoms with E-state index in [-0.39, 0.29) is 0 Å². The number of hydrogen-bond acceptors (Lipinski definition) is 4. The van der Waals surface area contributed by atoms with Crippen LogP contribution < -0.4 is 0 Å². The summed E-state index contributed by atoms with van der Waals surface area (Å²) in [7, 11) is 0. The quantitative estimate of drug-likeness (QED) is 0.324. The third-order valence-electron chi connectivity index (χ3n) is 2.24. The van der Waals surface area contributed by atoms with Crippen LogP contribution in [0.3, 0.4) is 0 Å². The summed E-state index contributed by atoms with van der Waals surface area (Å²) in [6.45, 7) is 3.90. The molecule has 0 radical (unpaired) electrons. The average molecular weight is 334 g/mol. The lowest BCUT2D eigenvalue weighted by atomic mass is 10.2. The van der Waals surface area contributed by atoms with Crippen molar-refractivity contribution < 1.29 is 45.4 Å². The van der Waals surface area contributed by atoms with Crippen molar-refractivity contribution in [1.29, 1.82) is 0 Å². The molecular formula is C12H12F6O4. The lowest BCUT2D eigenvalue weighted by Crippen LogP contribution is -2.23. The van der Waals surface area contributed by atoms with E-state index in [1.807, 2.05) is 0 Å². The number of esters is 2. The van der Waals surface area contributed by atoms with E-state index in [0.717, 1.165) is 0 Å². The number of carbonyl (C=O) groups is 2. The molecule has 0 N–H and O–H groups in total. The Kier molecular flexibility index (Phi) is 7.14. The summed E-state index contributed by atoms with van der Waals surface area (Å²) in [5, 5.41) is 0. The topological polar surface area (TPSA) is 52.6 Å². The van der Waals surface area contributed by atoms with Gasteiger partial charge in [0, 0.05) is 24.0 Å². The SMILES string of the molecule is C=C(CCOC(=O)C(=O)OCCC(=C)C(F)(F)F)C(F)(F)F. The maximum Gasteiger partial charge on any atom is 0.417 e. The van der Waals surface area contributed by atoms with Crippen molar-refractivity contribution in [3.05, 3.63) is 24.3 Å². The molecule has 0 saturated heterocycles. The van der Waals surface area contributed by atoms with Crippen LogP contribution in [0.25, 0.3) is 0 Å². The number of halogens is 6. The van der Waals surface area contributed by atoms with Crippen molar-refractivity contribution in [3.8, 4) is 0 Å². The molecule has 0 aromatic heterocycles. The van der Waals surface area contributed by atoms with E-state index in [1.54, 1.807) is 0 Å². The fourth-order valence-electron chi connectivity index (χ4n) is 0.935. The second kappa shape index (κ2) is 7.85. The first-order valence-electron chi connectivity index (χ1n) is 5.69. The zero-order valence-corrected chi connectivity index (χ0v) is 11.1. The highest BCUT2D eigenvalue weighted by Crippen LogP contribution is 2.27. The highest BCUT2D eigenvalue weighted by Gasteiger charge is 2.32. The normalized spacial score (nSPS) is 11.7. The van der Waals surface area contributed by atoms with Crippen molar-refractivity contribution in [3.63, 3.8) is 0 Å². The standard InChI is InChI=1S/C12H12F6O4/c1-7(11(13,14)15)3-5-21-9(19)10(20)22-6-4-8(2)12(16,17)18/h1-6H2. The van der Waals surface area contributed by atoms with Crippen molar-refractivity contribution in [2.45, 2.75) is 25.2 Å². The van der Waals surface area contributed by atoms with E-state index in [9.17, 15) is 35.9 Å². The van der Waals surface area contributed by atoms with Crippen molar-refractivity contribution >= 4 is 11.9 Å². The Hall–Kier alpha value is -2.00. The number of rotatable bonds is 6. The molecule has 22 heavy (non-hydrogen) atoms. The Morgan fingerprint density at radius 3 is 1.23 bits per heavy atom. The summed E-state index contributed by atoms with van der Waals surface area (Å²) in [5.74, 6) is -3.21. The van der Waals surface area contributed by atoms with Gasteiger partial charge in [-0.1, -0.05) is 13.2 Å². The van der Waals surface area contributed by atoms with Gasteiger partial charge < -0.3 is 9.47 Å². The number of alkyl halides is 6. The van der Waals surface area contributed by atoms with Crippen molar-refractivity contribution in [2.75, 3.05) is 13.2 Å². The number of carbonyl (C=O) groups excluding carboxylic acids is 2. The van der Waals surface area contributed by atoms with Gasteiger partial charge in [-0.05, 0) is 0 Å². The molecule has 0 fully saturated rings. The minimum Gasteiger partial charge on any atom is -0.457 e. The van der Waals surface area contributed by atoms with Crippen LogP contribution in [0.15, 0.2) is 24.3 Å². The first-order valence-corrected chi connectivity index (χ1v) is 5.69. The molecular weight excluding hydrogens is 322 g/mol. The number of ether oxygens (including phenoxy) is 2. The predicted octanol–water partition coefficient (Wildman–Crippen LogP) is 3.09. The molecule has 0 bridgehead atoms. The molecule has 0 aliphatic rings. The van der Waals surface area contributed by atoms with Crippen molar-refractivity contribution in [2.24, 2.45) is 0 Å². The van der Waals surface area contributed by atoms with Crippen LogP contribution in [0.5, 0.6) is 0 Å². The Bertz CT molecular complexity index is 408. The third kappa shape index (κ3) is 7.70. The van der Waals surface area contributed by atoms with Gasteiger partial charge in [0.1, 0.15) is 0 Å². The monoisotopic (exact) mass is 334 g/mol. The van der Waals surface area contributed by atoms with Gasteiger partial charge in [0.05, 0.1) is 13.2 Å². The summed E-state index contributed by atoms with van der Waals surface area (Å²) in [6.07, 6.45) is -10.8. The van der Waals surface area contributed by atoms with Gasteiger partial charge in [-0.25, -0.2) is 9.59 Å². The summed E-state index contributed by atoms with van der Waals surface area (Å²) in [4.78, 5) is 22.0. The van der Waals surface area contributed by atoms with E-state index in [4.69, 9.17) is 0 Å². The molecule has 126 valence electrons. The molecule has 0 rings (SSSR count). The predicted molar refractivity (Wildman–Crippen MR) is 61.5 cm³/mol. The molecule has 0 aliphatic carbocycles. The van der Waals surface area contributed by atoms with Crippen LogP contribution in [0.2, 0.25) is 0 Å². The average Bonchev–Trinajstić information content (AvgIpc) is 2.35. The van der Waals surface area contributed by atoms with E-state index < -0.39 is 61.5 Å². The highest BCUT2D eigenvalue weighted by atomic mass is 19.4. The first kappa shape index (κ1) is 20.0. The van der Waals surface area contributed by atoms with Crippen LogP contribution >= 0.6 is 0 Å². The molecule has 10 heteroatoms. The first-order chi connectivity index (χ1) is 9.85. The molecule has 0 spiro atoms. The molecule has 0 aliphatic heterocycles. The lowest BCUT2D eigenvalue weighted by Gasteiger charge is -2.11. The van der Waals surface area contributed by atoms with Crippen LogP contribution in [0.1, 0.15) is 12.8 Å². The van der Waals surface area contributed by atoms with Gasteiger partial charge in [0.15, 0.2) is 0 Å². The molecule has 0 aromatic carbocycles. The van der Waals surface area contributed by atoms with Gasteiger partial charge in [-0.3, -0.25) is 0 Å². The smallest absolute Gasteiger partial charge is 0.417 e. The van der Waals surface area contributed by atoms with Crippen LogP contribution in [-0.2, 0) is 19.1 Å². The Morgan fingerprint density at radius 1 is 0.727 bits per heavy atom. The Balaban J connectivity index is 4.02. The summed E-state index contributed by atoms with van der Waals surface area (Å²) >= 11 is 0. The zero-order valence-electron chi connectivity index (χ0n) is 11.1. The molecule has 0 amide bonds. The summed E-state index contributed by atoms with van der Waals surface area (Å²) in [5.41, 5.74) is -2.31. The molecule has 0 atom stereocenters. The van der Waals surface area contributed by atoms with E-state index in [0.29, 0.717) is 0 Å². The highest BCUT2D eigenvalue weighted by molar-refractivity contribution is 6.29. The second-order valence-electron chi connectivity index (χ2n) is 3.97. The van der Waals surface area contributed by atoms with Crippen LogP contribution in [0, 0.1) is 0 Å². The zero-order chi connectivity index (χ0) is 17.6. The third-order valence-corrected chi connectivity index (χ3v) is 2.24. The fourth-order valence-corrected chi connectivity index (χ4v) is 0.935. The molecule has 0 unspecified atom stereocenters. The maximum absolute atomic E-state index is 12.0. The second-order valence-corrected chi connectivity index (χ2v) is 3.97. The van der Waals surface area contributed by atoms with Gasteiger partial charge in [0.2, 0.25) is 0 Å². The van der Waals surface area contributed by atoms with Gasteiger partial charge in [0.25, 0.3) is 0 Å². The Labute approximate surface area is 121 Å². The minimum absolute atomic E-state index is 0.743. The molecule has 0 saturated carbocycles. The minimum atomic E-state index is -4.65. The van der Waals surface area contributed by atoms with Gasteiger partial charge in [-0.2, -0.15) is 26.3 Å². The fraction of sp³-hybridized carbons (Fsp3) is 0.500. The molecule has 0 aromatic rings. The maximum atomic E-state index is 12.0.